The quantitative estimate of drug-likeness (QED) is 0.835. The molecule has 1 saturated carbocycles. The largest absolute Gasteiger partial charge is 0.388 e. The van der Waals surface area contributed by atoms with E-state index in [1.807, 2.05) is 0 Å². The first-order chi connectivity index (χ1) is 9.13. The molecule has 0 bridgehead atoms. The summed E-state index contributed by atoms with van der Waals surface area (Å²) < 4.78 is 0. The number of rotatable bonds is 4. The van der Waals surface area contributed by atoms with Gasteiger partial charge in [-0.05, 0) is 50.2 Å². The van der Waals surface area contributed by atoms with Gasteiger partial charge >= 0.3 is 0 Å². The summed E-state index contributed by atoms with van der Waals surface area (Å²) in [5, 5.41) is 13.6. The molecule has 1 aliphatic carbocycles. The van der Waals surface area contributed by atoms with Crippen molar-refractivity contribution < 1.29 is 9.90 Å². The second-order valence-electron chi connectivity index (χ2n) is 6.15. The van der Waals surface area contributed by atoms with Gasteiger partial charge in [0.25, 0.3) is 0 Å². The molecule has 0 aromatic heterocycles. The molecule has 1 saturated heterocycles. The third kappa shape index (κ3) is 4.38. The van der Waals surface area contributed by atoms with E-state index >= 15 is 0 Å². The lowest BCUT2D eigenvalue weighted by Crippen LogP contribution is -2.47. The summed E-state index contributed by atoms with van der Waals surface area (Å²) >= 11 is 1.77. The van der Waals surface area contributed by atoms with Gasteiger partial charge in [0.2, 0.25) is 5.91 Å². The number of thioether (sulfide) groups is 1. The standard InChI is InChI=1S/C15H27NO2S/c1-2-12-6-8-15(18,9-7-12)11-16-14(17)13-5-3-4-10-19-13/h12-13,18H,2-11H2,1H3,(H,16,17). The molecule has 0 aromatic carbocycles. The van der Waals surface area contributed by atoms with Gasteiger partial charge in [0.1, 0.15) is 0 Å². The minimum Gasteiger partial charge on any atom is -0.388 e. The number of hydrogen-bond acceptors (Lipinski definition) is 3. The van der Waals surface area contributed by atoms with Gasteiger partial charge < -0.3 is 10.4 Å². The van der Waals surface area contributed by atoms with Crippen LogP contribution in [0.15, 0.2) is 0 Å². The second kappa shape index (κ2) is 6.98. The molecule has 2 N–H and O–H groups in total. The first kappa shape index (κ1) is 15.2. The summed E-state index contributed by atoms with van der Waals surface area (Å²) in [5.74, 6) is 2.00. The Morgan fingerprint density at radius 1 is 1.32 bits per heavy atom. The summed E-state index contributed by atoms with van der Waals surface area (Å²) in [4.78, 5) is 12.1. The molecular formula is C15H27NO2S. The zero-order valence-corrected chi connectivity index (χ0v) is 12.8. The van der Waals surface area contributed by atoms with Gasteiger partial charge in [-0.1, -0.05) is 19.8 Å². The van der Waals surface area contributed by atoms with Gasteiger partial charge in [-0.25, -0.2) is 0 Å². The molecule has 0 spiro atoms. The highest BCUT2D eigenvalue weighted by molar-refractivity contribution is 8.00. The van der Waals surface area contributed by atoms with Crippen LogP contribution in [0.2, 0.25) is 0 Å². The van der Waals surface area contributed by atoms with Crippen molar-refractivity contribution in [2.75, 3.05) is 12.3 Å². The van der Waals surface area contributed by atoms with Crippen molar-refractivity contribution in [3.63, 3.8) is 0 Å². The molecule has 3 nitrogen and oxygen atoms in total. The number of hydrogen-bond donors (Lipinski definition) is 2. The number of amides is 1. The van der Waals surface area contributed by atoms with Gasteiger partial charge in [-0.3, -0.25) is 4.79 Å². The van der Waals surface area contributed by atoms with Crippen LogP contribution in [-0.4, -0.2) is 34.2 Å². The predicted molar refractivity (Wildman–Crippen MR) is 80.3 cm³/mol. The summed E-state index contributed by atoms with van der Waals surface area (Å²) in [6.45, 7) is 2.66. The van der Waals surface area contributed by atoms with E-state index in [9.17, 15) is 9.90 Å². The van der Waals surface area contributed by atoms with Crippen molar-refractivity contribution in [3.05, 3.63) is 0 Å². The smallest absolute Gasteiger partial charge is 0.233 e. The van der Waals surface area contributed by atoms with Gasteiger partial charge in [0.05, 0.1) is 10.9 Å². The molecule has 1 amide bonds. The third-order valence-corrected chi connectivity index (χ3v) is 6.05. The average molecular weight is 285 g/mol. The van der Waals surface area contributed by atoms with E-state index < -0.39 is 5.60 Å². The molecule has 110 valence electrons. The van der Waals surface area contributed by atoms with E-state index in [1.54, 1.807) is 11.8 Å². The van der Waals surface area contributed by atoms with Crippen LogP contribution in [0.4, 0.5) is 0 Å². The highest BCUT2D eigenvalue weighted by Crippen LogP contribution is 2.33. The van der Waals surface area contributed by atoms with Crippen LogP contribution in [0.1, 0.15) is 58.3 Å². The Kier molecular flexibility index (Phi) is 5.58. The average Bonchev–Trinajstić information content (AvgIpc) is 2.47. The third-order valence-electron chi connectivity index (χ3n) is 4.68. The van der Waals surface area contributed by atoms with Crippen LogP contribution in [-0.2, 0) is 4.79 Å². The van der Waals surface area contributed by atoms with Gasteiger partial charge in [0, 0.05) is 6.54 Å². The highest BCUT2D eigenvalue weighted by Gasteiger charge is 2.33. The van der Waals surface area contributed by atoms with E-state index in [-0.39, 0.29) is 11.2 Å². The van der Waals surface area contributed by atoms with Crippen molar-refractivity contribution in [1.29, 1.82) is 0 Å². The molecule has 2 fully saturated rings. The van der Waals surface area contributed by atoms with Crippen LogP contribution in [0.25, 0.3) is 0 Å². The van der Waals surface area contributed by atoms with E-state index in [2.05, 4.69) is 12.2 Å². The minimum atomic E-state index is -0.652. The Hall–Kier alpha value is -0.220. The zero-order chi connectivity index (χ0) is 13.7. The molecule has 1 atom stereocenters. The number of nitrogens with one attached hydrogen (secondary N) is 1. The SMILES string of the molecule is CCC1CCC(O)(CNC(=O)C2CCCCS2)CC1. The number of carbonyl (C=O) groups excluding carboxylic acids is 1. The van der Waals surface area contributed by atoms with Gasteiger partial charge in [-0.15, -0.1) is 11.8 Å². The Morgan fingerprint density at radius 3 is 2.63 bits per heavy atom. The monoisotopic (exact) mass is 285 g/mol. The first-order valence-corrected chi connectivity index (χ1v) is 8.79. The van der Waals surface area contributed by atoms with Crippen LogP contribution in [0.3, 0.4) is 0 Å². The molecule has 0 radical (unpaired) electrons. The van der Waals surface area contributed by atoms with Crippen molar-refractivity contribution in [2.24, 2.45) is 5.92 Å². The fourth-order valence-electron chi connectivity index (χ4n) is 3.11. The first-order valence-electron chi connectivity index (χ1n) is 7.75. The van der Waals surface area contributed by atoms with Gasteiger partial charge in [0.15, 0.2) is 0 Å². The van der Waals surface area contributed by atoms with Crippen molar-refractivity contribution in [2.45, 2.75) is 69.1 Å². The summed E-state index contributed by atoms with van der Waals surface area (Å²) in [6.07, 6.45) is 8.47. The lowest BCUT2D eigenvalue weighted by molar-refractivity contribution is -0.122. The lowest BCUT2D eigenvalue weighted by Gasteiger charge is -2.36. The van der Waals surface area contributed by atoms with E-state index in [0.717, 1.165) is 50.2 Å². The van der Waals surface area contributed by atoms with Crippen LogP contribution >= 0.6 is 11.8 Å². The van der Waals surface area contributed by atoms with Crippen LogP contribution in [0, 0.1) is 5.92 Å². The zero-order valence-electron chi connectivity index (χ0n) is 12.0. The second-order valence-corrected chi connectivity index (χ2v) is 7.46. The van der Waals surface area contributed by atoms with Crippen molar-refractivity contribution in [3.8, 4) is 0 Å². The summed E-state index contributed by atoms with van der Waals surface area (Å²) in [6, 6.07) is 0. The molecular weight excluding hydrogens is 258 g/mol. The van der Waals surface area contributed by atoms with E-state index in [1.165, 1.54) is 12.8 Å². The normalized spacial score (nSPS) is 35.9. The predicted octanol–water partition coefficient (Wildman–Crippen LogP) is 2.72. The molecule has 1 unspecified atom stereocenters. The molecule has 19 heavy (non-hydrogen) atoms. The van der Waals surface area contributed by atoms with E-state index in [4.69, 9.17) is 0 Å². The topological polar surface area (TPSA) is 49.3 Å². The molecule has 2 rings (SSSR count). The number of carbonyl (C=O) groups is 1. The molecule has 4 heteroatoms. The van der Waals surface area contributed by atoms with Crippen LogP contribution in [0.5, 0.6) is 0 Å². The Bertz CT molecular complexity index is 295. The summed E-state index contributed by atoms with van der Waals surface area (Å²) in [5.41, 5.74) is -0.652. The summed E-state index contributed by atoms with van der Waals surface area (Å²) in [7, 11) is 0. The fourth-order valence-corrected chi connectivity index (χ4v) is 4.34. The van der Waals surface area contributed by atoms with Crippen molar-refractivity contribution in [1.82, 2.24) is 5.32 Å². The lowest BCUT2D eigenvalue weighted by atomic mass is 9.78. The van der Waals surface area contributed by atoms with Crippen LogP contribution < -0.4 is 5.32 Å². The Balaban J connectivity index is 1.73. The van der Waals surface area contributed by atoms with E-state index in [0.29, 0.717) is 6.54 Å². The maximum absolute atomic E-state index is 12.1. The minimum absolute atomic E-state index is 0.115. The number of aliphatic hydroxyl groups is 1. The highest BCUT2D eigenvalue weighted by atomic mass is 32.2. The fraction of sp³-hybridized carbons (Fsp3) is 0.933. The molecule has 1 aliphatic heterocycles. The maximum atomic E-state index is 12.1. The Labute approximate surface area is 120 Å². The molecule has 1 heterocycles. The molecule has 2 aliphatic rings. The Morgan fingerprint density at radius 2 is 2.05 bits per heavy atom. The van der Waals surface area contributed by atoms with Gasteiger partial charge in [-0.2, -0.15) is 0 Å². The molecule has 0 aromatic rings. The maximum Gasteiger partial charge on any atom is 0.233 e. The van der Waals surface area contributed by atoms with Crippen molar-refractivity contribution >= 4 is 17.7 Å².